The van der Waals surface area contributed by atoms with E-state index in [4.69, 9.17) is 10.2 Å². The summed E-state index contributed by atoms with van der Waals surface area (Å²) in [5, 5.41) is 16.6. The number of aromatic carboxylic acids is 1. The molecule has 2 N–H and O–H groups in total. The van der Waals surface area contributed by atoms with Gasteiger partial charge in [-0.1, -0.05) is 13.8 Å². The van der Waals surface area contributed by atoms with Crippen LogP contribution in [0.1, 0.15) is 36.2 Å². The summed E-state index contributed by atoms with van der Waals surface area (Å²) in [6, 6.07) is 3.68. The molecule has 1 unspecified atom stereocenters. The molecule has 0 amide bonds. The molecule has 1 heterocycles. The average molecular weight is 298 g/mol. The highest BCUT2D eigenvalue weighted by atomic mass is 32.2. The molecule has 2 rings (SSSR count). The number of fused-ring (bicyclic) bond motifs is 1. The molecule has 0 saturated heterocycles. The van der Waals surface area contributed by atoms with Gasteiger partial charge >= 0.3 is 11.9 Å². The molecule has 108 valence electrons. The number of hydrogen-bond acceptors (Lipinski definition) is 4. The summed E-state index contributed by atoms with van der Waals surface area (Å²) in [7, 11) is -3.99. The van der Waals surface area contributed by atoms with Crippen molar-refractivity contribution in [2.75, 3.05) is 0 Å². The number of hydrogen-bond donors (Lipinski definition) is 2. The molecule has 0 spiro atoms. The molecular weight excluding hydrogens is 284 g/mol. The second-order valence-corrected chi connectivity index (χ2v) is 7.57. The second-order valence-electron chi connectivity index (χ2n) is 5.48. The Morgan fingerprint density at radius 1 is 1.25 bits per heavy atom. The van der Waals surface area contributed by atoms with Crippen LogP contribution in [-0.4, -0.2) is 35.8 Å². The lowest BCUT2D eigenvalue weighted by Gasteiger charge is -2.35. The molecule has 20 heavy (non-hydrogen) atoms. The average Bonchev–Trinajstić information content (AvgIpc) is 2.33. The zero-order valence-electron chi connectivity index (χ0n) is 11.0. The SMILES string of the molecule is CC1(C)CC(C(=O)O)S(=O)(=O)c2ccc(C(=O)O)cc21. The molecule has 0 saturated carbocycles. The minimum atomic E-state index is -3.99. The van der Waals surface area contributed by atoms with Gasteiger partial charge in [0.25, 0.3) is 0 Å². The van der Waals surface area contributed by atoms with Gasteiger partial charge in [0.1, 0.15) is 0 Å². The van der Waals surface area contributed by atoms with Crippen LogP contribution in [0.3, 0.4) is 0 Å². The van der Waals surface area contributed by atoms with Gasteiger partial charge in [0, 0.05) is 0 Å². The first-order chi connectivity index (χ1) is 9.07. The Balaban J connectivity index is 2.75. The fourth-order valence-corrected chi connectivity index (χ4v) is 4.60. The number of carboxylic acids is 2. The number of sulfone groups is 1. The normalized spacial score (nSPS) is 22.8. The highest BCUT2D eigenvalue weighted by Gasteiger charge is 2.46. The first kappa shape index (κ1) is 14.5. The van der Waals surface area contributed by atoms with Gasteiger partial charge in [-0.3, -0.25) is 4.79 Å². The summed E-state index contributed by atoms with van der Waals surface area (Å²) >= 11 is 0. The Morgan fingerprint density at radius 2 is 1.85 bits per heavy atom. The molecule has 0 radical (unpaired) electrons. The van der Waals surface area contributed by atoms with E-state index in [1.807, 2.05) is 0 Å². The highest BCUT2D eigenvalue weighted by molar-refractivity contribution is 7.93. The van der Waals surface area contributed by atoms with Crippen molar-refractivity contribution < 1.29 is 28.2 Å². The summed E-state index contributed by atoms with van der Waals surface area (Å²) in [6.45, 7) is 3.42. The Morgan fingerprint density at radius 3 is 2.35 bits per heavy atom. The van der Waals surface area contributed by atoms with Crippen molar-refractivity contribution in [1.82, 2.24) is 0 Å². The van der Waals surface area contributed by atoms with E-state index in [0.717, 1.165) is 0 Å². The largest absolute Gasteiger partial charge is 0.480 e. The van der Waals surface area contributed by atoms with Crippen LogP contribution >= 0.6 is 0 Å². The van der Waals surface area contributed by atoms with Crippen molar-refractivity contribution in [3.8, 4) is 0 Å². The number of benzene rings is 1. The van der Waals surface area contributed by atoms with Crippen LogP contribution < -0.4 is 0 Å². The van der Waals surface area contributed by atoms with Crippen molar-refractivity contribution in [2.45, 2.75) is 35.8 Å². The van der Waals surface area contributed by atoms with E-state index in [9.17, 15) is 18.0 Å². The molecule has 7 heteroatoms. The number of aliphatic carboxylic acids is 1. The summed E-state index contributed by atoms with van der Waals surface area (Å²) in [5.41, 5.74) is -0.384. The van der Waals surface area contributed by atoms with E-state index < -0.39 is 32.4 Å². The Labute approximate surface area is 116 Å². The maximum Gasteiger partial charge on any atom is 0.335 e. The third-order valence-electron chi connectivity index (χ3n) is 3.61. The Kier molecular flexibility index (Phi) is 3.13. The topological polar surface area (TPSA) is 109 Å². The van der Waals surface area contributed by atoms with Gasteiger partial charge in [-0.05, 0) is 35.6 Å². The second kappa shape index (κ2) is 4.31. The minimum Gasteiger partial charge on any atom is -0.480 e. The molecule has 6 nitrogen and oxygen atoms in total. The third kappa shape index (κ3) is 2.07. The zero-order chi connectivity index (χ0) is 15.3. The first-order valence-corrected chi connectivity index (χ1v) is 7.46. The Hall–Kier alpha value is -1.89. The number of rotatable bonds is 2. The number of carbonyl (C=O) groups is 2. The quantitative estimate of drug-likeness (QED) is 0.851. The van der Waals surface area contributed by atoms with E-state index >= 15 is 0 Å². The highest BCUT2D eigenvalue weighted by Crippen LogP contribution is 2.42. The predicted octanol–water partition coefficient (Wildman–Crippen LogP) is 1.29. The molecule has 1 aromatic carbocycles. The Bertz CT molecular complexity index is 702. The van der Waals surface area contributed by atoms with Crippen molar-refractivity contribution in [3.63, 3.8) is 0 Å². The lowest BCUT2D eigenvalue weighted by Crippen LogP contribution is -2.42. The third-order valence-corrected chi connectivity index (χ3v) is 5.69. The zero-order valence-corrected chi connectivity index (χ0v) is 11.8. The fourth-order valence-electron chi connectivity index (χ4n) is 2.50. The van der Waals surface area contributed by atoms with E-state index in [-0.39, 0.29) is 16.9 Å². The maximum absolute atomic E-state index is 12.3. The summed E-state index contributed by atoms with van der Waals surface area (Å²) in [6.07, 6.45) is -0.0826. The van der Waals surface area contributed by atoms with Gasteiger partial charge in [0.2, 0.25) is 0 Å². The lowest BCUT2D eigenvalue weighted by atomic mass is 9.79. The minimum absolute atomic E-state index is 0.0131. The van der Waals surface area contributed by atoms with Crippen molar-refractivity contribution in [3.05, 3.63) is 29.3 Å². The summed E-state index contributed by atoms with van der Waals surface area (Å²) in [4.78, 5) is 22.1. The summed E-state index contributed by atoms with van der Waals surface area (Å²) in [5.74, 6) is -2.53. The van der Waals surface area contributed by atoms with Gasteiger partial charge < -0.3 is 10.2 Å². The van der Waals surface area contributed by atoms with Crippen LogP contribution in [0.4, 0.5) is 0 Å². The van der Waals surface area contributed by atoms with E-state index in [2.05, 4.69) is 0 Å². The molecule has 0 aliphatic carbocycles. The van der Waals surface area contributed by atoms with E-state index in [1.165, 1.54) is 18.2 Å². The van der Waals surface area contributed by atoms with Gasteiger partial charge in [-0.15, -0.1) is 0 Å². The summed E-state index contributed by atoms with van der Waals surface area (Å²) < 4.78 is 24.6. The maximum atomic E-state index is 12.3. The monoisotopic (exact) mass is 298 g/mol. The molecule has 0 fully saturated rings. The van der Waals surface area contributed by atoms with Crippen LogP contribution in [-0.2, 0) is 20.0 Å². The molecule has 1 atom stereocenters. The van der Waals surface area contributed by atoms with Crippen molar-refractivity contribution in [2.24, 2.45) is 0 Å². The standard InChI is InChI=1S/C13H14O6S/c1-13(2)6-10(12(16)17)20(18,19)9-4-3-7(11(14)15)5-8(9)13/h3-5,10H,6H2,1-2H3,(H,14,15)(H,16,17). The van der Waals surface area contributed by atoms with Crippen LogP contribution in [0.5, 0.6) is 0 Å². The van der Waals surface area contributed by atoms with Gasteiger partial charge in [-0.2, -0.15) is 0 Å². The smallest absolute Gasteiger partial charge is 0.335 e. The van der Waals surface area contributed by atoms with Gasteiger partial charge in [-0.25, -0.2) is 13.2 Å². The van der Waals surface area contributed by atoms with Crippen molar-refractivity contribution in [1.29, 1.82) is 0 Å². The predicted molar refractivity (Wildman–Crippen MR) is 69.7 cm³/mol. The van der Waals surface area contributed by atoms with Gasteiger partial charge in [0.05, 0.1) is 10.5 Å². The van der Waals surface area contributed by atoms with E-state index in [1.54, 1.807) is 13.8 Å². The van der Waals surface area contributed by atoms with Crippen LogP contribution in [0.15, 0.2) is 23.1 Å². The molecule has 0 aromatic heterocycles. The molecular formula is C13H14O6S. The van der Waals surface area contributed by atoms with Gasteiger partial charge in [0.15, 0.2) is 15.1 Å². The van der Waals surface area contributed by atoms with Crippen molar-refractivity contribution >= 4 is 21.8 Å². The first-order valence-electron chi connectivity index (χ1n) is 5.92. The molecule has 1 aliphatic rings. The van der Waals surface area contributed by atoms with Crippen LogP contribution in [0.2, 0.25) is 0 Å². The van der Waals surface area contributed by atoms with Crippen LogP contribution in [0.25, 0.3) is 0 Å². The fraction of sp³-hybridized carbons (Fsp3) is 0.385. The lowest BCUT2D eigenvalue weighted by molar-refractivity contribution is -0.137. The molecule has 0 bridgehead atoms. The molecule has 1 aliphatic heterocycles. The number of carboxylic acid groups (broad SMARTS) is 2. The molecule has 1 aromatic rings. The van der Waals surface area contributed by atoms with E-state index in [0.29, 0.717) is 5.56 Å². The van der Waals surface area contributed by atoms with Crippen LogP contribution in [0, 0.1) is 0 Å².